The maximum Gasteiger partial charge on any atom is 0.319 e. The lowest BCUT2D eigenvalue weighted by molar-refractivity contribution is -0.0139. The molecular formula is C33H41N7O5. The molecule has 5 heterocycles. The van der Waals surface area contributed by atoms with E-state index >= 15 is 0 Å². The molecule has 1 aromatic carbocycles. The van der Waals surface area contributed by atoms with Crippen molar-refractivity contribution in [3.63, 3.8) is 0 Å². The number of benzene rings is 1. The minimum absolute atomic E-state index is 0.00771. The van der Waals surface area contributed by atoms with Gasteiger partial charge in [0.2, 0.25) is 0 Å². The zero-order valence-electron chi connectivity index (χ0n) is 25.5. The van der Waals surface area contributed by atoms with Gasteiger partial charge in [-0.3, -0.25) is 14.5 Å². The lowest BCUT2D eigenvalue weighted by Crippen LogP contribution is -2.56. The third-order valence-electron chi connectivity index (χ3n) is 9.75. The SMILES string of the molecule is O=C(c1ccon1)N1CCC(Nc2cc(C(=O)N3CC[C@@H](N4CCc5ccccc5C4)[C@H](O)C3)nc(OC3CCCC3)n2)CC1. The Morgan fingerprint density at radius 2 is 1.64 bits per heavy atom. The fourth-order valence-electron chi connectivity index (χ4n) is 7.23. The number of carbonyl (C=O) groups is 2. The summed E-state index contributed by atoms with van der Waals surface area (Å²) in [6.45, 7) is 3.67. The molecule has 238 valence electrons. The lowest BCUT2D eigenvalue weighted by atomic mass is 9.94. The van der Waals surface area contributed by atoms with Gasteiger partial charge in [-0.25, -0.2) is 0 Å². The molecule has 0 spiro atoms. The second-order valence-electron chi connectivity index (χ2n) is 12.7. The normalized spacial score (nSPS) is 23.1. The standard InChI is InChI=1S/C33H41N7O5/c41-29-21-40(17-12-28(29)39-14-9-22-5-1-2-6-23(22)20-39)32(43)27-19-30(36-33(35-27)45-25-7-3-4-8-25)34-24-10-15-38(16-11-24)31(42)26-13-18-44-37-26/h1-2,5-6,13,18-19,24-25,28-29,41H,3-4,7-12,14-17,20-21H2,(H,34,35,36)/t28-,29-/m1/s1. The van der Waals surface area contributed by atoms with Crippen molar-refractivity contribution in [2.45, 2.75) is 82.2 Å². The van der Waals surface area contributed by atoms with E-state index in [1.54, 1.807) is 21.9 Å². The monoisotopic (exact) mass is 615 g/mol. The van der Waals surface area contributed by atoms with Crippen molar-refractivity contribution in [2.75, 3.05) is 38.0 Å². The van der Waals surface area contributed by atoms with Crippen LogP contribution >= 0.6 is 0 Å². The molecule has 2 saturated heterocycles. The van der Waals surface area contributed by atoms with Gasteiger partial charge >= 0.3 is 6.01 Å². The molecule has 1 aliphatic carbocycles. The number of carbonyl (C=O) groups excluding carboxylic acids is 2. The number of ether oxygens (including phenoxy) is 1. The van der Waals surface area contributed by atoms with Gasteiger partial charge in [-0.1, -0.05) is 29.4 Å². The highest BCUT2D eigenvalue weighted by atomic mass is 16.5. The van der Waals surface area contributed by atoms with Crippen molar-refractivity contribution in [3.8, 4) is 6.01 Å². The quantitative estimate of drug-likeness (QED) is 0.408. The van der Waals surface area contributed by atoms with E-state index in [0.29, 0.717) is 37.6 Å². The van der Waals surface area contributed by atoms with Crippen molar-refractivity contribution in [1.29, 1.82) is 0 Å². The number of hydrogen-bond acceptors (Lipinski definition) is 10. The number of likely N-dealkylation sites (tertiary alicyclic amines) is 2. The second kappa shape index (κ2) is 13.1. The van der Waals surface area contributed by atoms with Gasteiger partial charge in [0.15, 0.2) is 5.69 Å². The number of nitrogens with zero attached hydrogens (tertiary/aromatic N) is 6. The van der Waals surface area contributed by atoms with Gasteiger partial charge in [-0.15, -0.1) is 0 Å². The summed E-state index contributed by atoms with van der Waals surface area (Å²) in [5, 5.41) is 18.5. The number of β-amino-alcohol motifs (C(OH)–C–C–N with tert-alkyl or cyclic N) is 1. The van der Waals surface area contributed by atoms with E-state index < -0.39 is 6.10 Å². The van der Waals surface area contributed by atoms with Crippen LogP contribution in [0.15, 0.2) is 47.2 Å². The molecule has 2 atom stereocenters. The van der Waals surface area contributed by atoms with Crippen LogP contribution in [0.3, 0.4) is 0 Å². The summed E-state index contributed by atoms with van der Waals surface area (Å²) in [5.41, 5.74) is 3.27. The Morgan fingerprint density at radius 1 is 0.889 bits per heavy atom. The zero-order chi connectivity index (χ0) is 30.8. The van der Waals surface area contributed by atoms with Crippen molar-refractivity contribution in [3.05, 3.63) is 65.2 Å². The fraction of sp³-hybridized carbons (Fsp3) is 0.545. The molecule has 12 heteroatoms. The highest BCUT2D eigenvalue weighted by Crippen LogP contribution is 2.28. The summed E-state index contributed by atoms with van der Waals surface area (Å²) >= 11 is 0. The predicted octanol–water partition coefficient (Wildman–Crippen LogP) is 3.14. The van der Waals surface area contributed by atoms with E-state index in [0.717, 1.165) is 58.0 Å². The third kappa shape index (κ3) is 6.67. The average molecular weight is 616 g/mol. The first-order valence-electron chi connectivity index (χ1n) is 16.3. The number of amides is 2. The summed E-state index contributed by atoms with van der Waals surface area (Å²) in [7, 11) is 0. The van der Waals surface area contributed by atoms with E-state index in [2.05, 4.69) is 49.6 Å². The van der Waals surface area contributed by atoms with Crippen LogP contribution in [0.5, 0.6) is 6.01 Å². The van der Waals surface area contributed by atoms with Crippen LogP contribution in [-0.4, -0.2) is 104 Å². The average Bonchev–Trinajstić information content (AvgIpc) is 3.79. The van der Waals surface area contributed by atoms with Crippen LogP contribution in [0.25, 0.3) is 0 Å². The van der Waals surface area contributed by atoms with E-state index in [1.165, 1.54) is 17.4 Å². The summed E-state index contributed by atoms with van der Waals surface area (Å²) in [5.74, 6) is 0.164. The molecule has 3 aliphatic heterocycles. The number of aromatic nitrogens is 3. The minimum atomic E-state index is -0.647. The Balaban J connectivity index is 1.01. The number of fused-ring (bicyclic) bond motifs is 1. The maximum absolute atomic E-state index is 13.8. The first-order chi connectivity index (χ1) is 22.0. The summed E-state index contributed by atoms with van der Waals surface area (Å²) < 4.78 is 11.0. The van der Waals surface area contributed by atoms with Gasteiger partial charge in [-0.05, 0) is 62.5 Å². The highest BCUT2D eigenvalue weighted by molar-refractivity contribution is 5.93. The molecule has 12 nitrogen and oxygen atoms in total. The van der Waals surface area contributed by atoms with E-state index in [1.807, 2.05) is 0 Å². The van der Waals surface area contributed by atoms with Gasteiger partial charge in [0, 0.05) is 63.5 Å². The van der Waals surface area contributed by atoms with E-state index in [4.69, 9.17) is 9.26 Å². The van der Waals surface area contributed by atoms with Gasteiger partial charge < -0.3 is 29.5 Å². The largest absolute Gasteiger partial charge is 0.460 e. The van der Waals surface area contributed by atoms with Crippen LogP contribution in [0.4, 0.5) is 5.82 Å². The van der Waals surface area contributed by atoms with Crippen molar-refractivity contribution >= 4 is 17.6 Å². The molecule has 0 radical (unpaired) electrons. The number of nitrogens with one attached hydrogen (secondary N) is 1. The third-order valence-corrected chi connectivity index (χ3v) is 9.75. The van der Waals surface area contributed by atoms with Gasteiger partial charge in [0.1, 0.15) is 23.9 Å². The fourth-order valence-corrected chi connectivity index (χ4v) is 7.23. The van der Waals surface area contributed by atoms with E-state index in [-0.39, 0.29) is 48.3 Å². The summed E-state index contributed by atoms with van der Waals surface area (Å²) in [4.78, 5) is 41.5. The molecule has 0 bridgehead atoms. The van der Waals surface area contributed by atoms with Crippen LogP contribution in [0, 0.1) is 0 Å². The van der Waals surface area contributed by atoms with Crippen molar-refractivity contribution in [1.82, 2.24) is 29.8 Å². The van der Waals surface area contributed by atoms with Gasteiger partial charge in [0.05, 0.1) is 6.10 Å². The molecule has 45 heavy (non-hydrogen) atoms. The number of anilines is 1. The zero-order valence-corrected chi connectivity index (χ0v) is 25.5. The first-order valence-corrected chi connectivity index (χ1v) is 16.3. The molecule has 3 fully saturated rings. The molecule has 1 saturated carbocycles. The molecule has 7 rings (SSSR count). The summed E-state index contributed by atoms with van der Waals surface area (Å²) in [6, 6.07) is 12.0. The van der Waals surface area contributed by atoms with Crippen LogP contribution in [-0.2, 0) is 13.0 Å². The Hall–Kier alpha value is -4.03. The molecule has 2 N–H and O–H groups in total. The molecule has 4 aliphatic rings. The molecule has 2 aromatic heterocycles. The topological polar surface area (TPSA) is 137 Å². The smallest absolute Gasteiger partial charge is 0.319 e. The Morgan fingerprint density at radius 3 is 2.40 bits per heavy atom. The lowest BCUT2D eigenvalue weighted by Gasteiger charge is -2.43. The number of aliphatic hydroxyl groups excluding tert-OH is 1. The molecule has 2 amide bonds. The second-order valence-corrected chi connectivity index (χ2v) is 12.7. The Labute approximate surface area is 262 Å². The summed E-state index contributed by atoms with van der Waals surface area (Å²) in [6.07, 6.45) is 8.01. The van der Waals surface area contributed by atoms with E-state index in [9.17, 15) is 14.7 Å². The Kier molecular flexibility index (Phi) is 8.66. The van der Waals surface area contributed by atoms with Crippen LogP contribution in [0.1, 0.15) is 77.0 Å². The highest BCUT2D eigenvalue weighted by Gasteiger charge is 2.36. The first kappa shape index (κ1) is 29.7. The van der Waals surface area contributed by atoms with Gasteiger partial charge in [0.25, 0.3) is 11.8 Å². The number of aliphatic hydroxyl groups is 1. The number of hydrogen-bond donors (Lipinski definition) is 2. The van der Waals surface area contributed by atoms with Crippen molar-refractivity contribution < 1.29 is 24.0 Å². The predicted molar refractivity (Wildman–Crippen MR) is 165 cm³/mol. The Bertz CT molecular complexity index is 1490. The molecule has 0 unspecified atom stereocenters. The van der Waals surface area contributed by atoms with Crippen LogP contribution in [0.2, 0.25) is 0 Å². The molecule has 3 aromatic rings. The van der Waals surface area contributed by atoms with Crippen molar-refractivity contribution in [2.24, 2.45) is 0 Å². The number of piperidine rings is 2. The molecular weight excluding hydrogens is 574 g/mol. The van der Waals surface area contributed by atoms with Crippen LogP contribution < -0.4 is 10.1 Å². The minimum Gasteiger partial charge on any atom is -0.460 e. The van der Waals surface area contributed by atoms with Gasteiger partial charge in [-0.2, -0.15) is 9.97 Å². The number of rotatable bonds is 7. The maximum atomic E-state index is 13.8.